The molecular weight excluding hydrogens is 186 g/mol. The van der Waals surface area contributed by atoms with Crippen molar-refractivity contribution in [1.82, 2.24) is 0 Å². The molecule has 0 aliphatic rings. The van der Waals surface area contributed by atoms with Crippen LogP contribution in [-0.4, -0.2) is 17.4 Å². The zero-order valence-electron chi connectivity index (χ0n) is 9.08. The van der Waals surface area contributed by atoms with Gasteiger partial charge in [-0.1, -0.05) is 35.9 Å². The molecule has 1 aromatic rings. The van der Waals surface area contributed by atoms with Crippen LogP contribution in [0.2, 0.25) is 0 Å². The minimum absolute atomic E-state index is 0. The van der Waals surface area contributed by atoms with Gasteiger partial charge in [0.15, 0.2) is 0 Å². The van der Waals surface area contributed by atoms with Crippen LogP contribution in [0.25, 0.3) is 0 Å². The van der Waals surface area contributed by atoms with Gasteiger partial charge in [0, 0.05) is 0 Å². The van der Waals surface area contributed by atoms with Crippen molar-refractivity contribution < 1.29 is 18.9 Å². The first kappa shape index (κ1) is 29.2. The van der Waals surface area contributed by atoms with E-state index in [1.807, 2.05) is 30.3 Å². The topological polar surface area (TPSA) is 0 Å². The molecule has 0 spiro atoms. The summed E-state index contributed by atoms with van der Waals surface area (Å²) in [6, 6.07) is 10.1. The molecule has 0 fully saturated rings. The van der Waals surface area contributed by atoms with Gasteiger partial charge < -0.3 is 34.9 Å². The van der Waals surface area contributed by atoms with Gasteiger partial charge in [0.05, 0.1) is 0 Å². The van der Waals surface area contributed by atoms with Crippen molar-refractivity contribution in [3.8, 4) is 0 Å². The van der Waals surface area contributed by atoms with Crippen molar-refractivity contribution >= 4 is 30.0 Å². The first-order valence-electron chi connectivity index (χ1n) is 2.55. The predicted molar refractivity (Wildman–Crippen MR) is 62.5 cm³/mol. The predicted octanol–water partition coefficient (Wildman–Crippen LogP) is -0.292. The van der Waals surface area contributed by atoms with Crippen molar-refractivity contribution in [3.05, 3.63) is 58.2 Å². The van der Waals surface area contributed by atoms with Crippen LogP contribution in [0.15, 0.2) is 30.3 Å². The normalized spacial score (nSPS) is 5.62. The fraction of sp³-hybridized carbons (Fsp3) is 0.100. The Bertz CT molecular complexity index is 156. The number of rotatable bonds is 1. The van der Waals surface area contributed by atoms with E-state index >= 15 is 0 Å². The van der Waals surface area contributed by atoms with E-state index in [4.69, 9.17) is 12.6 Å². The summed E-state index contributed by atoms with van der Waals surface area (Å²) in [7, 11) is 0. The van der Waals surface area contributed by atoms with Crippen molar-refractivity contribution in [2.24, 2.45) is 0 Å². The third kappa shape index (κ3) is 12.7. The number of hydrogen-bond acceptors (Lipinski definition) is 1. The molecule has 0 atom stereocenters. The zero-order valence-corrected chi connectivity index (χ0v) is 11.1. The molecule has 0 aliphatic carbocycles. The summed E-state index contributed by atoms with van der Waals surface area (Å²) < 4.78 is 0. The second kappa shape index (κ2) is 18.5. The Labute approximate surface area is 112 Å². The van der Waals surface area contributed by atoms with Gasteiger partial charge in [0.2, 0.25) is 0 Å². The van der Waals surface area contributed by atoms with Crippen LogP contribution in [0.3, 0.4) is 0 Å². The van der Waals surface area contributed by atoms with Crippen molar-refractivity contribution in [1.29, 1.82) is 0 Å². The van der Waals surface area contributed by atoms with E-state index in [1.54, 1.807) is 0 Å². The van der Waals surface area contributed by atoms with E-state index in [-0.39, 0.29) is 58.5 Å². The summed E-state index contributed by atoms with van der Waals surface area (Å²) in [6.45, 7) is 0. The molecule has 0 aromatic heterocycles. The van der Waals surface area contributed by atoms with Crippen LogP contribution in [0.1, 0.15) is 5.56 Å². The maximum atomic E-state index is 4.82. The van der Waals surface area contributed by atoms with Crippen LogP contribution >= 0.6 is 0 Å². The van der Waals surface area contributed by atoms with Crippen LogP contribution < -0.4 is 18.9 Å². The van der Waals surface area contributed by atoms with Crippen molar-refractivity contribution in [2.45, 2.75) is 5.75 Å². The van der Waals surface area contributed by atoms with Crippen molar-refractivity contribution in [3.63, 3.8) is 0 Å². The van der Waals surface area contributed by atoms with Crippen LogP contribution in [-0.2, 0) is 18.4 Å². The largest absolute Gasteiger partial charge is 3.00 e. The number of hydrogen-bond donors (Lipinski definition) is 0. The van der Waals surface area contributed by atoms with E-state index < -0.39 is 0 Å². The standard InChI is InChI=1S/C7H8S.3CH3.Al.Li/c8-6-7-4-2-1-3-5-7;;;;;/h1-5,8H,6H2;3*1H3;;/q;3*-1;+3;+1/p-1. The maximum absolute atomic E-state index is 4.82. The van der Waals surface area contributed by atoms with E-state index in [2.05, 4.69) is 0 Å². The summed E-state index contributed by atoms with van der Waals surface area (Å²) in [5.41, 5.74) is 1.22. The average molecular weight is 202 g/mol. The third-order valence-corrected chi connectivity index (χ3v) is 1.34. The molecule has 66 valence electrons. The Hall–Kier alpha value is 0.700. The molecule has 0 heterocycles. The van der Waals surface area contributed by atoms with Gasteiger partial charge in [-0.05, 0) is 0 Å². The first-order chi connectivity index (χ1) is 3.93. The molecule has 0 radical (unpaired) electrons. The second-order valence-corrected chi connectivity index (χ2v) is 1.92. The molecule has 0 saturated heterocycles. The Morgan fingerprint density at radius 1 is 0.923 bits per heavy atom. The van der Waals surface area contributed by atoms with E-state index in [1.165, 1.54) is 5.56 Å². The van der Waals surface area contributed by atoms with Crippen LogP contribution in [0.4, 0.5) is 0 Å². The summed E-state index contributed by atoms with van der Waals surface area (Å²) >= 11 is 4.82. The maximum Gasteiger partial charge on any atom is 3.00 e. The van der Waals surface area contributed by atoms with Gasteiger partial charge in [-0.2, -0.15) is 5.75 Å². The van der Waals surface area contributed by atoms with Gasteiger partial charge in [-0.25, -0.2) is 0 Å². The second-order valence-electron chi connectivity index (χ2n) is 1.63. The van der Waals surface area contributed by atoms with Gasteiger partial charge in [-0.3, -0.25) is 0 Å². The fourth-order valence-corrected chi connectivity index (χ4v) is 0.767. The minimum atomic E-state index is 0. The summed E-state index contributed by atoms with van der Waals surface area (Å²) in [6.07, 6.45) is 0. The Balaban J connectivity index is -0.0000000427. The molecular formula is C10H16AlLiS. The van der Waals surface area contributed by atoms with E-state index in [0.29, 0.717) is 0 Å². The average Bonchev–Trinajstić information content (AvgIpc) is 1.90. The molecule has 0 N–H and O–H groups in total. The molecule has 0 nitrogen and oxygen atoms in total. The molecule has 0 amide bonds. The number of benzene rings is 1. The Morgan fingerprint density at radius 3 is 1.54 bits per heavy atom. The Kier molecular flexibility index (Phi) is 41.5. The molecule has 1 rings (SSSR count). The molecule has 0 bridgehead atoms. The monoisotopic (exact) mass is 202 g/mol. The zero-order chi connectivity index (χ0) is 5.82. The first-order valence-corrected chi connectivity index (χ1v) is 3.13. The quantitative estimate of drug-likeness (QED) is 0.342. The third-order valence-electron chi connectivity index (χ3n) is 1.01. The summed E-state index contributed by atoms with van der Waals surface area (Å²) in [5, 5.41) is 0. The summed E-state index contributed by atoms with van der Waals surface area (Å²) in [5.74, 6) is 0.723. The van der Waals surface area contributed by atoms with Crippen molar-refractivity contribution in [2.75, 3.05) is 0 Å². The molecule has 13 heavy (non-hydrogen) atoms. The van der Waals surface area contributed by atoms with Gasteiger partial charge in [0.25, 0.3) is 0 Å². The van der Waals surface area contributed by atoms with Gasteiger partial charge in [0.1, 0.15) is 0 Å². The molecule has 0 unspecified atom stereocenters. The van der Waals surface area contributed by atoms with Gasteiger partial charge in [-0.15, -0.1) is 0 Å². The van der Waals surface area contributed by atoms with E-state index in [0.717, 1.165) is 5.75 Å². The van der Waals surface area contributed by atoms with Gasteiger partial charge >= 0.3 is 36.2 Å². The molecule has 1 aromatic carbocycles. The summed E-state index contributed by atoms with van der Waals surface area (Å²) in [4.78, 5) is 0. The van der Waals surface area contributed by atoms with E-state index in [9.17, 15) is 0 Å². The van der Waals surface area contributed by atoms with Crippen LogP contribution in [0, 0.1) is 22.3 Å². The Morgan fingerprint density at radius 2 is 1.31 bits per heavy atom. The molecule has 0 saturated carbocycles. The SMILES string of the molecule is [Al+3].[CH3-].[CH3-].[CH3-].[Li+].[S-]Cc1ccccc1. The molecule has 0 aliphatic heterocycles. The fourth-order valence-electron chi connectivity index (χ4n) is 0.574. The molecule has 3 heteroatoms. The smallest absolute Gasteiger partial charge is 0.788 e. The van der Waals surface area contributed by atoms with Crippen LogP contribution in [0.5, 0.6) is 0 Å². The minimum Gasteiger partial charge on any atom is -0.788 e.